The van der Waals surface area contributed by atoms with Gasteiger partial charge in [-0.15, -0.1) is 0 Å². The first-order chi connectivity index (χ1) is 8.29. The molecule has 0 aliphatic heterocycles. The van der Waals surface area contributed by atoms with E-state index in [2.05, 4.69) is 5.32 Å². The van der Waals surface area contributed by atoms with E-state index >= 15 is 0 Å². The summed E-state index contributed by atoms with van der Waals surface area (Å²) in [7, 11) is 1.55. The molecule has 4 nitrogen and oxygen atoms in total. The van der Waals surface area contributed by atoms with Crippen LogP contribution in [0.2, 0.25) is 0 Å². The molecular weight excluding hydrogens is 274 g/mol. The van der Waals surface area contributed by atoms with Crippen molar-refractivity contribution in [3.63, 3.8) is 0 Å². The number of nitrogens with one attached hydrogen (secondary N) is 1. The highest BCUT2D eigenvalue weighted by Gasteiger charge is 2.39. The molecule has 1 fully saturated rings. The number of aryl methyl sites for hydroxylation is 1. The summed E-state index contributed by atoms with van der Waals surface area (Å²) in [4.78, 5) is 11.8. The quantitative estimate of drug-likeness (QED) is 0.869. The van der Waals surface area contributed by atoms with Crippen molar-refractivity contribution in [2.24, 2.45) is 11.8 Å². The van der Waals surface area contributed by atoms with E-state index in [4.69, 9.17) is 10.7 Å². The molecule has 2 rings (SSSR count). The van der Waals surface area contributed by atoms with Crippen LogP contribution in [-0.4, -0.2) is 14.3 Å². The molecule has 0 spiro atoms. The topological polar surface area (TPSA) is 63.2 Å². The maximum Gasteiger partial charge on any atom is 0.261 e. The van der Waals surface area contributed by atoms with E-state index in [9.17, 15) is 13.2 Å². The van der Waals surface area contributed by atoms with Gasteiger partial charge in [-0.1, -0.05) is 6.92 Å². The van der Waals surface area contributed by atoms with Crippen LogP contribution in [0.5, 0.6) is 0 Å². The average molecular weight is 288 g/mol. The number of benzene rings is 1. The molecule has 1 aromatic rings. The molecule has 0 radical (unpaired) electrons. The van der Waals surface area contributed by atoms with E-state index < -0.39 is 9.05 Å². The highest BCUT2D eigenvalue weighted by atomic mass is 35.7. The third kappa shape index (κ3) is 2.84. The number of halogens is 1. The van der Waals surface area contributed by atoms with Gasteiger partial charge in [0.1, 0.15) is 0 Å². The Bertz CT molecular complexity index is 597. The lowest BCUT2D eigenvalue weighted by Gasteiger charge is -2.07. The third-order valence-electron chi connectivity index (χ3n) is 3.15. The second-order valence-electron chi connectivity index (χ2n) is 4.73. The monoisotopic (exact) mass is 287 g/mol. The summed E-state index contributed by atoms with van der Waals surface area (Å²) in [5, 5.41) is 2.78. The van der Waals surface area contributed by atoms with Crippen molar-refractivity contribution < 1.29 is 13.2 Å². The normalized spacial score (nSPS) is 22.6. The van der Waals surface area contributed by atoms with Crippen molar-refractivity contribution in [3.05, 3.63) is 23.8 Å². The Morgan fingerprint density at radius 2 is 2.06 bits per heavy atom. The second-order valence-corrected chi connectivity index (χ2v) is 7.26. The fourth-order valence-corrected chi connectivity index (χ4v) is 3.12. The fraction of sp³-hybridized carbons (Fsp3) is 0.417. The van der Waals surface area contributed by atoms with E-state index in [0.717, 1.165) is 6.42 Å². The Kier molecular flexibility index (Phi) is 3.38. The molecule has 1 aliphatic carbocycles. The standard InChI is InChI=1S/C12H14ClNO3S/c1-7-6-10(7)12(15)14-9-3-4-11(8(2)5-9)18(13,16)17/h3-5,7,10H,6H2,1-2H3,(H,14,15). The minimum absolute atomic E-state index is 0.0108. The molecule has 1 amide bonds. The zero-order valence-corrected chi connectivity index (χ0v) is 11.7. The Balaban J connectivity index is 2.17. The molecule has 1 N–H and O–H groups in total. The van der Waals surface area contributed by atoms with Gasteiger partial charge < -0.3 is 5.32 Å². The van der Waals surface area contributed by atoms with Crippen LogP contribution in [0.3, 0.4) is 0 Å². The van der Waals surface area contributed by atoms with Crippen LogP contribution in [0.15, 0.2) is 23.1 Å². The summed E-state index contributed by atoms with van der Waals surface area (Å²) in [5.41, 5.74) is 1.12. The molecule has 0 aromatic heterocycles. The van der Waals surface area contributed by atoms with E-state index in [0.29, 0.717) is 17.2 Å². The summed E-state index contributed by atoms with van der Waals surface area (Å²) >= 11 is 0. The lowest BCUT2D eigenvalue weighted by Crippen LogP contribution is -2.14. The zero-order chi connectivity index (χ0) is 13.5. The molecule has 1 saturated carbocycles. The van der Waals surface area contributed by atoms with Gasteiger partial charge in [0.15, 0.2) is 0 Å². The summed E-state index contributed by atoms with van der Waals surface area (Å²) in [6.45, 7) is 3.67. The summed E-state index contributed by atoms with van der Waals surface area (Å²) < 4.78 is 22.5. The minimum atomic E-state index is -3.73. The SMILES string of the molecule is Cc1cc(NC(=O)C2CC2C)ccc1S(=O)(=O)Cl. The van der Waals surface area contributed by atoms with E-state index in [-0.39, 0.29) is 16.7 Å². The second kappa shape index (κ2) is 4.55. The fourth-order valence-electron chi connectivity index (χ4n) is 1.92. The van der Waals surface area contributed by atoms with Gasteiger partial charge in [-0.25, -0.2) is 8.42 Å². The highest BCUT2D eigenvalue weighted by molar-refractivity contribution is 8.13. The molecule has 0 bridgehead atoms. The molecule has 1 aromatic carbocycles. The number of amides is 1. The van der Waals surface area contributed by atoms with Crippen LogP contribution in [0.1, 0.15) is 18.9 Å². The van der Waals surface area contributed by atoms with Crippen LogP contribution in [-0.2, 0) is 13.8 Å². The first-order valence-electron chi connectivity index (χ1n) is 5.65. The number of carbonyl (C=O) groups is 1. The summed E-state index contributed by atoms with van der Waals surface area (Å²) in [6, 6.07) is 4.57. The van der Waals surface area contributed by atoms with E-state index in [1.807, 2.05) is 6.92 Å². The molecule has 0 saturated heterocycles. The maximum absolute atomic E-state index is 11.7. The first-order valence-corrected chi connectivity index (χ1v) is 7.96. The number of hydrogen-bond acceptors (Lipinski definition) is 3. The van der Waals surface area contributed by atoms with Crippen LogP contribution in [0.25, 0.3) is 0 Å². The number of rotatable bonds is 3. The predicted octanol–water partition coefficient (Wildman–Crippen LogP) is 2.52. The third-order valence-corrected chi connectivity index (χ3v) is 4.63. The van der Waals surface area contributed by atoms with Gasteiger partial charge in [-0.05, 0) is 43.0 Å². The van der Waals surface area contributed by atoms with Gasteiger partial charge in [0.05, 0.1) is 4.90 Å². The Morgan fingerprint density at radius 3 is 2.50 bits per heavy atom. The van der Waals surface area contributed by atoms with E-state index in [1.165, 1.54) is 6.07 Å². The number of hydrogen-bond donors (Lipinski definition) is 1. The van der Waals surface area contributed by atoms with Gasteiger partial charge >= 0.3 is 0 Å². The largest absolute Gasteiger partial charge is 0.326 e. The molecule has 98 valence electrons. The summed E-state index contributed by atoms with van der Waals surface area (Å²) in [5.74, 6) is 0.513. The Hall–Kier alpha value is -1.07. The van der Waals surface area contributed by atoms with E-state index in [1.54, 1.807) is 19.1 Å². The van der Waals surface area contributed by atoms with Crippen LogP contribution in [0, 0.1) is 18.8 Å². The van der Waals surface area contributed by atoms with Gasteiger partial charge in [-0.3, -0.25) is 4.79 Å². The van der Waals surface area contributed by atoms with Crippen molar-refractivity contribution in [1.82, 2.24) is 0 Å². The van der Waals surface area contributed by atoms with Crippen LogP contribution >= 0.6 is 10.7 Å². The first kappa shape index (κ1) is 13.4. The molecule has 6 heteroatoms. The number of carbonyl (C=O) groups excluding carboxylic acids is 1. The van der Waals surface area contributed by atoms with Crippen molar-refractivity contribution in [1.29, 1.82) is 0 Å². The molecular formula is C12H14ClNO3S. The molecule has 1 aliphatic rings. The van der Waals surface area contributed by atoms with Gasteiger partial charge in [0.25, 0.3) is 9.05 Å². The Labute approximate surface area is 111 Å². The molecule has 2 atom stereocenters. The maximum atomic E-state index is 11.7. The van der Waals surface area contributed by atoms with Crippen molar-refractivity contribution in [2.45, 2.75) is 25.2 Å². The lowest BCUT2D eigenvalue weighted by molar-refractivity contribution is -0.117. The molecule has 2 unspecified atom stereocenters. The predicted molar refractivity (Wildman–Crippen MR) is 70.1 cm³/mol. The van der Waals surface area contributed by atoms with Crippen LogP contribution < -0.4 is 5.32 Å². The van der Waals surface area contributed by atoms with Gasteiger partial charge in [0, 0.05) is 22.3 Å². The summed E-state index contributed by atoms with van der Waals surface area (Å²) in [6.07, 6.45) is 0.916. The van der Waals surface area contributed by atoms with Gasteiger partial charge in [0.2, 0.25) is 5.91 Å². The minimum Gasteiger partial charge on any atom is -0.326 e. The number of anilines is 1. The van der Waals surface area contributed by atoms with Crippen molar-refractivity contribution in [2.75, 3.05) is 5.32 Å². The lowest BCUT2D eigenvalue weighted by atomic mass is 10.2. The highest BCUT2D eigenvalue weighted by Crippen LogP contribution is 2.38. The molecule has 0 heterocycles. The van der Waals surface area contributed by atoms with Gasteiger partial charge in [-0.2, -0.15) is 0 Å². The van der Waals surface area contributed by atoms with Crippen LogP contribution in [0.4, 0.5) is 5.69 Å². The molecule has 18 heavy (non-hydrogen) atoms. The average Bonchev–Trinajstić information content (AvgIpc) is 2.93. The van der Waals surface area contributed by atoms with Crippen molar-refractivity contribution in [3.8, 4) is 0 Å². The smallest absolute Gasteiger partial charge is 0.261 e. The Morgan fingerprint density at radius 1 is 1.44 bits per heavy atom. The zero-order valence-electron chi connectivity index (χ0n) is 10.1. The van der Waals surface area contributed by atoms with Crippen molar-refractivity contribution >= 4 is 31.3 Å².